The molecule has 1 aliphatic carbocycles. The predicted molar refractivity (Wildman–Crippen MR) is 144 cm³/mol. The second-order valence-corrected chi connectivity index (χ2v) is 11.8. The van der Waals surface area contributed by atoms with E-state index in [0.717, 1.165) is 58.0 Å². The molecule has 38 heavy (non-hydrogen) atoms. The number of fused-ring (bicyclic) bond motifs is 1. The third-order valence-electron chi connectivity index (χ3n) is 9.30. The first-order valence-electron chi connectivity index (χ1n) is 14.5. The molecule has 1 aromatic rings. The van der Waals surface area contributed by atoms with Gasteiger partial charge in [-0.3, -0.25) is 14.4 Å². The number of nitrogens with zero attached hydrogens (tertiary/aromatic N) is 2. The second-order valence-electron chi connectivity index (χ2n) is 11.8. The fourth-order valence-corrected chi connectivity index (χ4v) is 6.95. The molecule has 0 aromatic heterocycles. The van der Waals surface area contributed by atoms with Crippen molar-refractivity contribution in [2.45, 2.75) is 95.0 Å². The molecule has 0 radical (unpaired) electrons. The van der Waals surface area contributed by atoms with Crippen LogP contribution in [-0.4, -0.2) is 91.1 Å². The van der Waals surface area contributed by atoms with Crippen molar-refractivity contribution in [3.05, 3.63) is 35.4 Å². The number of rotatable bonds is 7. The van der Waals surface area contributed by atoms with Gasteiger partial charge in [-0.1, -0.05) is 31.4 Å². The summed E-state index contributed by atoms with van der Waals surface area (Å²) in [5, 5.41) is 3.09. The fourth-order valence-electron chi connectivity index (χ4n) is 6.95. The molecule has 4 aliphatic rings. The number of hydrogen-bond acceptors (Lipinski definition) is 6. The van der Waals surface area contributed by atoms with Gasteiger partial charge in [0, 0.05) is 18.7 Å². The number of carbonyl (C=O) groups excluding carboxylic acids is 3. The topological polar surface area (TPSA) is 88.2 Å². The smallest absolute Gasteiger partial charge is 0.251 e. The number of ketones is 1. The number of hydrogen-bond donors (Lipinski definition) is 1. The molecular formula is C30H43N3O5. The van der Waals surface area contributed by atoms with E-state index in [2.05, 4.69) is 36.2 Å². The first-order chi connectivity index (χ1) is 18.4. The highest BCUT2D eigenvalue weighted by atomic mass is 16.5. The van der Waals surface area contributed by atoms with Crippen LogP contribution in [0.15, 0.2) is 24.3 Å². The molecular weight excluding hydrogens is 482 g/mol. The average molecular weight is 526 g/mol. The lowest BCUT2D eigenvalue weighted by molar-refractivity contribution is -0.139. The predicted octanol–water partition coefficient (Wildman–Crippen LogP) is 3.15. The quantitative estimate of drug-likeness (QED) is 0.589. The number of likely N-dealkylation sites (tertiary alicyclic amines) is 2. The van der Waals surface area contributed by atoms with E-state index in [1.165, 1.54) is 5.56 Å². The van der Waals surface area contributed by atoms with Crippen molar-refractivity contribution < 1.29 is 23.9 Å². The number of nitrogens with one attached hydrogen (secondary N) is 1. The Morgan fingerprint density at radius 1 is 1.03 bits per heavy atom. The van der Waals surface area contributed by atoms with Crippen molar-refractivity contribution >= 4 is 17.6 Å². The Labute approximate surface area is 226 Å². The molecule has 3 heterocycles. The maximum Gasteiger partial charge on any atom is 0.251 e. The highest BCUT2D eigenvalue weighted by molar-refractivity contribution is 5.99. The second kappa shape index (κ2) is 11.8. The normalized spacial score (nSPS) is 28.1. The summed E-state index contributed by atoms with van der Waals surface area (Å²) in [5.41, 5.74) is 1.84. The van der Waals surface area contributed by atoms with Crippen molar-refractivity contribution in [2.24, 2.45) is 5.92 Å². The maximum absolute atomic E-state index is 13.9. The fraction of sp³-hybridized carbons (Fsp3) is 0.700. The third kappa shape index (κ3) is 5.54. The number of methoxy groups -OCH3 is 1. The number of piperidine rings is 1. The summed E-state index contributed by atoms with van der Waals surface area (Å²) >= 11 is 0. The third-order valence-corrected chi connectivity index (χ3v) is 9.30. The van der Waals surface area contributed by atoms with Gasteiger partial charge in [0.05, 0.1) is 6.54 Å². The van der Waals surface area contributed by atoms with Gasteiger partial charge in [0.2, 0.25) is 5.91 Å². The van der Waals surface area contributed by atoms with Gasteiger partial charge in [0.1, 0.15) is 30.9 Å². The zero-order valence-electron chi connectivity index (χ0n) is 23.1. The minimum Gasteiger partial charge on any atom is -0.377 e. The number of benzene rings is 1. The van der Waals surface area contributed by atoms with Crippen LogP contribution in [0.25, 0.3) is 0 Å². The van der Waals surface area contributed by atoms with E-state index in [9.17, 15) is 14.4 Å². The molecule has 8 nitrogen and oxygen atoms in total. The Bertz CT molecular complexity index is 998. The van der Waals surface area contributed by atoms with E-state index >= 15 is 0 Å². The van der Waals surface area contributed by atoms with Gasteiger partial charge in [-0.2, -0.15) is 0 Å². The molecule has 1 N–H and O–H groups in total. The van der Waals surface area contributed by atoms with Gasteiger partial charge in [-0.15, -0.1) is 0 Å². The van der Waals surface area contributed by atoms with Crippen LogP contribution >= 0.6 is 0 Å². The van der Waals surface area contributed by atoms with E-state index in [1.54, 1.807) is 12.0 Å². The summed E-state index contributed by atoms with van der Waals surface area (Å²) in [6.45, 7) is 7.01. The highest BCUT2D eigenvalue weighted by Gasteiger charge is 2.54. The summed E-state index contributed by atoms with van der Waals surface area (Å²) in [4.78, 5) is 44.1. The van der Waals surface area contributed by atoms with Crippen molar-refractivity contribution in [3.63, 3.8) is 0 Å². The van der Waals surface area contributed by atoms with Gasteiger partial charge in [0.15, 0.2) is 5.78 Å². The standard InChI is InChI=1S/C30H43N3O5/c1-19(2)32-15-13-21(14-16-32)20-9-11-23(12-10-20)29(35)31-26(22-7-5-4-6-8-22)30(36)33-17-25(37-3)28-27(33)24(34)18-38-28/h9-12,19,21-22,25-28H,4-8,13-18H2,1-3H3,(H,31,35)/t25-,26-,27+,28+/m0/s1. The molecule has 208 valence electrons. The zero-order valence-corrected chi connectivity index (χ0v) is 23.1. The molecule has 4 atom stereocenters. The molecule has 1 aromatic carbocycles. The first kappa shape index (κ1) is 27.3. The lowest BCUT2D eigenvalue weighted by atomic mass is 9.83. The van der Waals surface area contributed by atoms with Crippen LogP contribution in [0.4, 0.5) is 0 Å². The SMILES string of the molecule is CO[C@H]1CN(C(=O)[C@@H](NC(=O)c2ccc(C3CCN(C(C)C)CC3)cc2)C2CCCCC2)[C@@H]2C(=O)CO[C@H]12. The average Bonchev–Trinajstić information content (AvgIpc) is 3.52. The zero-order chi connectivity index (χ0) is 26.8. The van der Waals surface area contributed by atoms with Crippen molar-refractivity contribution in [1.82, 2.24) is 15.1 Å². The van der Waals surface area contributed by atoms with Crippen LogP contribution < -0.4 is 5.32 Å². The molecule has 0 spiro atoms. The van der Waals surface area contributed by atoms with E-state index < -0.39 is 18.2 Å². The van der Waals surface area contributed by atoms with Crippen LogP contribution in [0.1, 0.15) is 80.6 Å². The molecule has 3 saturated heterocycles. The Morgan fingerprint density at radius 3 is 2.34 bits per heavy atom. The molecule has 0 unspecified atom stereocenters. The van der Waals surface area contributed by atoms with Gasteiger partial charge >= 0.3 is 0 Å². The lowest BCUT2D eigenvalue weighted by Gasteiger charge is -2.35. The van der Waals surface area contributed by atoms with Crippen molar-refractivity contribution in [3.8, 4) is 0 Å². The Balaban J connectivity index is 1.29. The van der Waals surface area contributed by atoms with E-state index in [1.807, 2.05) is 12.1 Å². The minimum absolute atomic E-state index is 0.00225. The lowest BCUT2D eigenvalue weighted by Crippen LogP contribution is -2.55. The summed E-state index contributed by atoms with van der Waals surface area (Å²) in [5.74, 6) is 0.0616. The molecule has 8 heteroatoms. The van der Waals surface area contributed by atoms with E-state index in [0.29, 0.717) is 24.1 Å². The molecule has 5 rings (SSSR count). The number of Topliss-reactive ketones (excluding diaryl/α,β-unsaturated/α-hetero) is 1. The summed E-state index contributed by atoms with van der Waals surface area (Å²) in [6, 6.07) is 7.22. The van der Waals surface area contributed by atoms with Crippen molar-refractivity contribution in [1.29, 1.82) is 0 Å². The summed E-state index contributed by atoms with van der Waals surface area (Å²) in [6.07, 6.45) is 6.52. The van der Waals surface area contributed by atoms with Crippen LogP contribution in [0.3, 0.4) is 0 Å². The van der Waals surface area contributed by atoms with Crippen molar-refractivity contribution in [2.75, 3.05) is 33.4 Å². The summed E-state index contributed by atoms with van der Waals surface area (Å²) in [7, 11) is 1.58. The number of amides is 2. The largest absolute Gasteiger partial charge is 0.377 e. The monoisotopic (exact) mass is 525 g/mol. The highest BCUT2D eigenvalue weighted by Crippen LogP contribution is 2.33. The summed E-state index contributed by atoms with van der Waals surface area (Å²) < 4.78 is 11.2. The molecule has 0 bridgehead atoms. The Morgan fingerprint density at radius 2 is 1.71 bits per heavy atom. The number of ether oxygens (including phenoxy) is 2. The minimum atomic E-state index is -0.660. The van der Waals surface area contributed by atoms with Gasteiger partial charge in [0.25, 0.3) is 5.91 Å². The van der Waals surface area contributed by atoms with Gasteiger partial charge in [-0.25, -0.2) is 0 Å². The van der Waals surface area contributed by atoms with E-state index in [-0.39, 0.29) is 36.2 Å². The van der Waals surface area contributed by atoms with Crippen LogP contribution in [0, 0.1) is 5.92 Å². The molecule has 2 amide bonds. The van der Waals surface area contributed by atoms with Crippen LogP contribution in [0.5, 0.6) is 0 Å². The molecule has 4 fully saturated rings. The first-order valence-corrected chi connectivity index (χ1v) is 14.5. The van der Waals surface area contributed by atoms with Crippen LogP contribution in [0.2, 0.25) is 0 Å². The Hall–Kier alpha value is -2.29. The van der Waals surface area contributed by atoms with E-state index in [4.69, 9.17) is 9.47 Å². The maximum atomic E-state index is 13.9. The van der Waals surface area contributed by atoms with Gasteiger partial charge in [-0.05, 0) is 82.2 Å². The molecule has 3 aliphatic heterocycles. The molecule has 1 saturated carbocycles. The Kier molecular flexibility index (Phi) is 8.50. The number of carbonyl (C=O) groups is 3. The van der Waals surface area contributed by atoms with Crippen LogP contribution in [-0.2, 0) is 19.1 Å². The van der Waals surface area contributed by atoms with Gasteiger partial charge < -0.3 is 24.6 Å².